The lowest BCUT2D eigenvalue weighted by atomic mass is 10.3. The standard InChI is InChI=1S/C19H27N5O3/c1-26-15-2-3-16-17(12-15)21-18(20-16)13-22-4-6-23(7-5-22)14-19(25)24-8-10-27-11-9-24/h2-3,12H,4-11,13-14H2,1H3,(H,20,21). The number of fused-ring (bicyclic) bond motifs is 1. The third kappa shape index (κ3) is 4.40. The van der Waals surface area contributed by atoms with Crippen LogP contribution in [0.2, 0.25) is 0 Å². The predicted molar refractivity (Wildman–Crippen MR) is 102 cm³/mol. The maximum absolute atomic E-state index is 12.4. The van der Waals surface area contributed by atoms with Crippen LogP contribution >= 0.6 is 0 Å². The number of benzene rings is 1. The maximum Gasteiger partial charge on any atom is 0.236 e. The number of H-pyrrole nitrogens is 1. The number of ether oxygens (including phenoxy) is 2. The summed E-state index contributed by atoms with van der Waals surface area (Å²) in [5.41, 5.74) is 1.96. The van der Waals surface area contributed by atoms with Gasteiger partial charge in [0.05, 0.1) is 44.4 Å². The highest BCUT2D eigenvalue weighted by Crippen LogP contribution is 2.19. The molecule has 0 radical (unpaired) electrons. The van der Waals surface area contributed by atoms with E-state index in [0.717, 1.165) is 68.4 Å². The molecule has 2 aliphatic heterocycles. The summed E-state index contributed by atoms with van der Waals surface area (Å²) in [6.45, 7) is 7.75. The van der Waals surface area contributed by atoms with Crippen molar-refractivity contribution in [3.63, 3.8) is 0 Å². The van der Waals surface area contributed by atoms with Gasteiger partial charge in [-0.05, 0) is 12.1 Å². The second-order valence-corrected chi connectivity index (χ2v) is 7.11. The molecule has 1 N–H and O–H groups in total. The van der Waals surface area contributed by atoms with Crippen LogP contribution in [0.25, 0.3) is 11.0 Å². The van der Waals surface area contributed by atoms with Crippen molar-refractivity contribution in [2.75, 3.05) is 66.1 Å². The second-order valence-electron chi connectivity index (χ2n) is 7.11. The van der Waals surface area contributed by atoms with E-state index in [1.165, 1.54) is 0 Å². The number of imidazole rings is 1. The number of aromatic amines is 1. The average molecular weight is 373 g/mol. The van der Waals surface area contributed by atoms with Gasteiger partial charge in [0.15, 0.2) is 0 Å². The number of morpholine rings is 1. The number of carbonyl (C=O) groups excluding carboxylic acids is 1. The molecule has 4 rings (SSSR count). The van der Waals surface area contributed by atoms with Crippen molar-refractivity contribution in [1.29, 1.82) is 0 Å². The van der Waals surface area contributed by atoms with Crippen molar-refractivity contribution in [3.05, 3.63) is 24.0 Å². The van der Waals surface area contributed by atoms with E-state index in [-0.39, 0.29) is 5.91 Å². The lowest BCUT2D eigenvalue weighted by Gasteiger charge is -2.35. The molecule has 1 amide bonds. The molecule has 3 heterocycles. The highest BCUT2D eigenvalue weighted by molar-refractivity contribution is 5.78. The Morgan fingerprint density at radius 3 is 2.63 bits per heavy atom. The van der Waals surface area contributed by atoms with E-state index in [0.29, 0.717) is 19.8 Å². The average Bonchev–Trinajstić information content (AvgIpc) is 3.11. The molecular formula is C19H27N5O3. The molecule has 1 aromatic heterocycles. The van der Waals surface area contributed by atoms with Crippen LogP contribution in [-0.2, 0) is 16.1 Å². The first-order valence-electron chi connectivity index (χ1n) is 9.54. The van der Waals surface area contributed by atoms with Gasteiger partial charge in [0, 0.05) is 45.3 Å². The number of hydrogen-bond donors (Lipinski definition) is 1. The van der Waals surface area contributed by atoms with Gasteiger partial charge >= 0.3 is 0 Å². The Hall–Kier alpha value is -2.16. The smallest absolute Gasteiger partial charge is 0.236 e. The fourth-order valence-electron chi connectivity index (χ4n) is 3.66. The molecule has 146 valence electrons. The van der Waals surface area contributed by atoms with Gasteiger partial charge < -0.3 is 19.4 Å². The molecule has 2 saturated heterocycles. The van der Waals surface area contributed by atoms with Crippen molar-refractivity contribution < 1.29 is 14.3 Å². The predicted octanol–water partition coefficient (Wildman–Crippen LogP) is 0.548. The molecular weight excluding hydrogens is 346 g/mol. The van der Waals surface area contributed by atoms with E-state index in [4.69, 9.17) is 9.47 Å². The van der Waals surface area contributed by atoms with Gasteiger partial charge in [-0.3, -0.25) is 14.6 Å². The molecule has 2 aliphatic rings. The van der Waals surface area contributed by atoms with Crippen molar-refractivity contribution in [2.24, 2.45) is 0 Å². The van der Waals surface area contributed by atoms with E-state index in [1.54, 1.807) is 7.11 Å². The molecule has 0 aliphatic carbocycles. The van der Waals surface area contributed by atoms with Crippen LogP contribution in [0, 0.1) is 0 Å². The number of nitrogens with one attached hydrogen (secondary N) is 1. The largest absolute Gasteiger partial charge is 0.497 e. The van der Waals surface area contributed by atoms with Crippen molar-refractivity contribution >= 4 is 16.9 Å². The molecule has 2 fully saturated rings. The Balaban J connectivity index is 1.27. The minimum atomic E-state index is 0.220. The quantitative estimate of drug-likeness (QED) is 0.825. The van der Waals surface area contributed by atoms with Gasteiger partial charge in [-0.25, -0.2) is 4.98 Å². The number of piperazine rings is 1. The van der Waals surface area contributed by atoms with E-state index in [1.807, 2.05) is 23.1 Å². The number of nitrogens with zero attached hydrogens (tertiary/aromatic N) is 4. The molecule has 8 heteroatoms. The number of carbonyl (C=O) groups is 1. The first-order valence-corrected chi connectivity index (χ1v) is 9.54. The minimum absolute atomic E-state index is 0.220. The van der Waals surface area contributed by atoms with E-state index in [9.17, 15) is 4.79 Å². The van der Waals surface area contributed by atoms with E-state index in [2.05, 4.69) is 19.8 Å². The first kappa shape index (κ1) is 18.2. The molecule has 27 heavy (non-hydrogen) atoms. The number of aromatic nitrogens is 2. The first-order chi connectivity index (χ1) is 13.2. The zero-order valence-electron chi connectivity index (χ0n) is 15.8. The van der Waals surface area contributed by atoms with Crippen LogP contribution < -0.4 is 4.74 Å². The zero-order chi connectivity index (χ0) is 18.6. The number of amides is 1. The summed E-state index contributed by atoms with van der Waals surface area (Å²) in [5.74, 6) is 2.02. The normalized spacial score (nSPS) is 19.5. The summed E-state index contributed by atoms with van der Waals surface area (Å²) in [4.78, 5) is 27.0. The zero-order valence-corrected chi connectivity index (χ0v) is 15.8. The van der Waals surface area contributed by atoms with Crippen LogP contribution in [0.1, 0.15) is 5.82 Å². The SMILES string of the molecule is COc1ccc2nc(CN3CCN(CC(=O)N4CCOCC4)CC3)[nH]c2c1. The molecule has 0 unspecified atom stereocenters. The third-order valence-electron chi connectivity index (χ3n) is 5.30. The molecule has 2 aromatic rings. The van der Waals surface area contributed by atoms with Crippen LogP contribution in [0.15, 0.2) is 18.2 Å². The molecule has 0 atom stereocenters. The maximum atomic E-state index is 12.4. The Kier molecular flexibility index (Phi) is 5.56. The van der Waals surface area contributed by atoms with Crippen LogP contribution in [0.3, 0.4) is 0 Å². The summed E-state index contributed by atoms with van der Waals surface area (Å²) in [6.07, 6.45) is 0. The molecule has 8 nitrogen and oxygen atoms in total. The summed E-state index contributed by atoms with van der Waals surface area (Å²) < 4.78 is 10.6. The Labute approximate surface area is 159 Å². The molecule has 1 aromatic carbocycles. The monoisotopic (exact) mass is 373 g/mol. The summed E-state index contributed by atoms with van der Waals surface area (Å²) in [7, 11) is 1.67. The van der Waals surface area contributed by atoms with Gasteiger partial charge in [-0.1, -0.05) is 0 Å². The third-order valence-corrected chi connectivity index (χ3v) is 5.30. The summed E-state index contributed by atoms with van der Waals surface area (Å²) in [5, 5.41) is 0. The van der Waals surface area contributed by atoms with Crippen molar-refractivity contribution in [1.82, 2.24) is 24.7 Å². The van der Waals surface area contributed by atoms with Gasteiger partial charge in [0.25, 0.3) is 0 Å². The highest BCUT2D eigenvalue weighted by Gasteiger charge is 2.23. The Morgan fingerprint density at radius 1 is 1.15 bits per heavy atom. The Bertz CT molecular complexity index is 779. The van der Waals surface area contributed by atoms with Crippen LogP contribution in [-0.4, -0.2) is 96.7 Å². The lowest BCUT2D eigenvalue weighted by molar-refractivity contribution is -0.136. The van der Waals surface area contributed by atoms with Crippen molar-refractivity contribution in [2.45, 2.75) is 6.54 Å². The number of rotatable bonds is 5. The number of hydrogen-bond acceptors (Lipinski definition) is 6. The second kappa shape index (κ2) is 8.24. The van der Waals surface area contributed by atoms with Crippen molar-refractivity contribution in [3.8, 4) is 5.75 Å². The van der Waals surface area contributed by atoms with Gasteiger partial charge in [0.2, 0.25) is 5.91 Å². The summed E-state index contributed by atoms with van der Waals surface area (Å²) in [6, 6.07) is 5.88. The highest BCUT2D eigenvalue weighted by atomic mass is 16.5. The fourth-order valence-corrected chi connectivity index (χ4v) is 3.66. The molecule has 0 spiro atoms. The lowest BCUT2D eigenvalue weighted by Crippen LogP contribution is -2.51. The van der Waals surface area contributed by atoms with Gasteiger partial charge in [-0.15, -0.1) is 0 Å². The molecule has 0 saturated carbocycles. The van der Waals surface area contributed by atoms with Crippen LogP contribution in [0.5, 0.6) is 5.75 Å². The fraction of sp³-hybridized carbons (Fsp3) is 0.579. The van der Waals surface area contributed by atoms with Gasteiger partial charge in [0.1, 0.15) is 11.6 Å². The van der Waals surface area contributed by atoms with Gasteiger partial charge in [-0.2, -0.15) is 0 Å². The molecule has 0 bridgehead atoms. The van der Waals surface area contributed by atoms with E-state index < -0.39 is 0 Å². The van der Waals surface area contributed by atoms with Crippen LogP contribution in [0.4, 0.5) is 0 Å². The van der Waals surface area contributed by atoms with E-state index >= 15 is 0 Å². The summed E-state index contributed by atoms with van der Waals surface area (Å²) >= 11 is 0. The minimum Gasteiger partial charge on any atom is -0.497 e. The Morgan fingerprint density at radius 2 is 1.89 bits per heavy atom. The topological polar surface area (TPSA) is 73.9 Å². The number of methoxy groups -OCH3 is 1.